The molecule has 8 aromatic carbocycles. The Morgan fingerprint density at radius 3 is 1.87 bits per heavy atom. The van der Waals surface area contributed by atoms with Crippen LogP contribution >= 0.6 is 0 Å². The molecule has 1 amide bonds. The molecular weight excluding hydrogens is 1090 g/mol. The molecule has 87 heavy (non-hydrogen) atoms. The van der Waals surface area contributed by atoms with Gasteiger partial charge in [0, 0.05) is 88.6 Å². The van der Waals surface area contributed by atoms with E-state index in [1.165, 1.54) is 54.5 Å². The molecule has 3 aliphatic rings. The molecule has 0 saturated heterocycles. The summed E-state index contributed by atoms with van der Waals surface area (Å²) in [5.41, 5.74) is 16.0. The van der Waals surface area contributed by atoms with E-state index in [2.05, 4.69) is 156 Å². The van der Waals surface area contributed by atoms with Gasteiger partial charge in [-0.1, -0.05) is 137 Å². The van der Waals surface area contributed by atoms with Crippen LogP contribution in [0.2, 0.25) is 13.1 Å². The number of likely N-dealkylation sites (N-methyl/N-ethyl adjacent to an activating group) is 2. The summed E-state index contributed by atoms with van der Waals surface area (Å²) >= 11 is 0. The summed E-state index contributed by atoms with van der Waals surface area (Å²) in [7, 11) is -1.03. The number of carbonyl (C=O) groups is 2. The highest BCUT2D eigenvalue weighted by molar-refractivity contribution is 7.01. The molecule has 0 radical (unpaired) electrons. The van der Waals surface area contributed by atoms with Crippen LogP contribution in [0.15, 0.2) is 164 Å². The van der Waals surface area contributed by atoms with Gasteiger partial charge in [0.05, 0.1) is 0 Å². The molecule has 0 saturated carbocycles. The zero-order valence-electron chi connectivity index (χ0n) is 50.8. The Morgan fingerprint density at radius 1 is 0.632 bits per heavy atom. The van der Waals surface area contributed by atoms with Crippen LogP contribution in [0.5, 0.6) is 0 Å². The van der Waals surface area contributed by atoms with E-state index in [1.54, 1.807) is 26.0 Å². The van der Waals surface area contributed by atoms with E-state index in [-0.39, 0.29) is 19.1 Å². The van der Waals surface area contributed by atoms with E-state index < -0.39 is 22.3 Å². The first kappa shape index (κ1) is 62.5. The third-order valence-electron chi connectivity index (χ3n) is 18.5. The molecule has 5 N–H and O–H groups in total. The van der Waals surface area contributed by atoms with E-state index in [1.807, 2.05) is 36.4 Å². The topological polar surface area (TPSA) is 140 Å². The van der Waals surface area contributed by atoms with E-state index >= 15 is 0 Å². The summed E-state index contributed by atoms with van der Waals surface area (Å²) in [6, 6.07) is 49.8. The largest absolute Gasteiger partial charge is 0.488 e. The number of hydrogen-bond donors (Lipinski definition) is 5. The number of carbonyl (C=O) groups excluding carboxylic acids is 2. The van der Waals surface area contributed by atoms with Crippen LogP contribution in [0.1, 0.15) is 91.5 Å². The van der Waals surface area contributed by atoms with Gasteiger partial charge in [0.2, 0.25) is 11.3 Å². The van der Waals surface area contributed by atoms with E-state index in [9.17, 15) is 29.7 Å². The molecule has 0 spiro atoms. The van der Waals surface area contributed by atoms with Gasteiger partial charge in [-0.3, -0.25) is 19.4 Å². The lowest BCUT2D eigenvalue weighted by molar-refractivity contribution is -0.117. The first-order valence-corrected chi connectivity index (χ1v) is 33.5. The molecule has 0 aliphatic carbocycles. The average molecular weight is 1180 g/mol. The maximum atomic E-state index is 12.8. The summed E-state index contributed by atoms with van der Waals surface area (Å²) in [6.07, 6.45) is 4.53. The average Bonchev–Trinajstić information content (AvgIpc) is 1.64. The molecule has 0 fully saturated rings. The Kier molecular flexibility index (Phi) is 19.0. The second kappa shape index (κ2) is 26.4. The number of ketones is 1. The molecule has 11 rings (SSSR count). The standard InChI is InChI=1S/C72H79B2N5O6Si.CH4/c1-47(2)68(80)27-15-16-33-78(43-54-19-9-13-25-64(54)73(82)83)46-63-57-24-12-11-23-56(57)62(45-79(34-18-32-75-72(81)48(3)4)44-55-20-10-14-26-65(55)74(84)85)58-29-28-50(38-59(58)63)49-21-17-22-53(37-49)71-60-39-51-30-35-76(5)66(51)41-69(60)86(7,8)70-42-67-52(40-61(70)71)31-36-77(67)6;/h9-14,17,19-26,28-29,37-42,82-85H,1,3,15-16,18,27,30-36,43-46H2,2,4-8H3;1H4/p+1. The smallest absolute Gasteiger partial charge is 0.423 e. The van der Waals surface area contributed by atoms with Gasteiger partial charge >= 0.3 is 14.2 Å². The molecule has 0 bridgehead atoms. The van der Waals surface area contributed by atoms with Crippen molar-refractivity contribution in [3.8, 4) is 11.1 Å². The fraction of sp³-hybridized carbons (Fsp3) is 0.301. The number of Topliss-reactive ketones (excluding diaryl/α,β-unsaturated/α-hetero) is 1. The molecule has 3 aliphatic heterocycles. The van der Waals surface area contributed by atoms with Crippen molar-refractivity contribution in [1.82, 2.24) is 19.7 Å². The van der Waals surface area contributed by atoms with Crippen LogP contribution in [-0.2, 0) is 48.6 Å². The van der Waals surface area contributed by atoms with E-state index in [0.29, 0.717) is 87.1 Å². The summed E-state index contributed by atoms with van der Waals surface area (Å²) in [5, 5.41) is 55.6. The third-order valence-corrected chi connectivity index (χ3v) is 22.0. The minimum Gasteiger partial charge on any atom is -0.423 e. The molecule has 3 heterocycles. The Balaban J connectivity index is 0.00000838. The molecule has 11 nitrogen and oxygen atoms in total. The normalized spacial score (nSPS) is 13.8. The molecule has 0 atom stereocenters. The molecule has 0 aromatic heterocycles. The van der Waals surface area contributed by atoms with Crippen molar-refractivity contribution in [1.29, 1.82) is 0 Å². The predicted molar refractivity (Wildman–Crippen MR) is 364 cm³/mol. The minimum atomic E-state index is -2.19. The van der Waals surface area contributed by atoms with Gasteiger partial charge in [-0.05, 0) is 186 Å². The van der Waals surface area contributed by atoms with Crippen LogP contribution in [0.4, 0.5) is 5.69 Å². The number of anilines is 1. The Hall–Kier alpha value is -7.52. The van der Waals surface area contributed by atoms with Crippen molar-refractivity contribution < 1.29 is 29.7 Å². The lowest BCUT2D eigenvalue weighted by Crippen LogP contribution is -2.63. The SMILES string of the molecule is C.C=C(C)C(=O)CCCCN(Cc1ccccc1B(O)O)Cc1c2ccccc2c(CN(CCCNC(=O)C(=C)C)Cc2ccccc2B(O)O)c2ccc(-c3cccc(C4=c5cc6c(cc5[Si](C)(C)c5cc7c(cc54)CCN7C)=[N+](C)CC6)c3)cc12. The Bertz CT molecular complexity index is 4140. The van der Waals surface area contributed by atoms with Gasteiger partial charge in [-0.25, -0.2) is 4.58 Å². The van der Waals surface area contributed by atoms with Crippen molar-refractivity contribution in [3.63, 3.8) is 0 Å². The summed E-state index contributed by atoms with van der Waals surface area (Å²) in [6.45, 7) is 21.9. The molecule has 8 aromatic rings. The maximum absolute atomic E-state index is 12.8. The van der Waals surface area contributed by atoms with Crippen molar-refractivity contribution in [2.24, 2.45) is 0 Å². The van der Waals surface area contributed by atoms with Gasteiger partial charge in [0.1, 0.15) is 21.7 Å². The number of benzene rings is 8. The van der Waals surface area contributed by atoms with Crippen LogP contribution in [0.3, 0.4) is 0 Å². The van der Waals surface area contributed by atoms with Crippen LogP contribution in [-0.4, -0.2) is 111 Å². The number of unbranched alkanes of at least 4 members (excludes halogenated alkanes) is 1. The number of allylic oxidation sites excluding steroid dienone is 1. The highest BCUT2D eigenvalue weighted by Gasteiger charge is 2.38. The van der Waals surface area contributed by atoms with Crippen LogP contribution in [0.25, 0.3) is 38.2 Å². The maximum Gasteiger partial charge on any atom is 0.488 e. The molecule has 0 unspecified atom stereocenters. The second-order valence-electron chi connectivity index (χ2n) is 24.9. The minimum absolute atomic E-state index is 0. The number of amides is 1. The number of nitrogens with one attached hydrogen (secondary N) is 1. The number of rotatable bonds is 23. The van der Waals surface area contributed by atoms with Gasteiger partial charge in [0.15, 0.2) is 5.78 Å². The Morgan fingerprint density at radius 2 is 1.23 bits per heavy atom. The lowest BCUT2D eigenvalue weighted by atomic mass is 9.77. The summed E-state index contributed by atoms with van der Waals surface area (Å²) in [5.74, 6) is -0.126. The highest BCUT2D eigenvalue weighted by atomic mass is 28.3. The summed E-state index contributed by atoms with van der Waals surface area (Å²) < 4.78 is 2.42. The van der Waals surface area contributed by atoms with Crippen molar-refractivity contribution >= 4 is 88.1 Å². The van der Waals surface area contributed by atoms with Crippen molar-refractivity contribution in [2.45, 2.75) is 99.1 Å². The number of nitrogens with zero attached hydrogens (tertiary/aromatic N) is 4. The monoisotopic (exact) mass is 1180 g/mol. The first-order chi connectivity index (χ1) is 41.4. The zero-order chi connectivity index (χ0) is 60.6. The van der Waals surface area contributed by atoms with Crippen molar-refractivity contribution in [3.05, 3.63) is 219 Å². The van der Waals surface area contributed by atoms with Crippen LogP contribution < -0.4 is 46.7 Å². The predicted octanol–water partition coefficient (Wildman–Crippen LogP) is 7.11. The number of fused-ring (bicyclic) bond motifs is 6. The van der Waals surface area contributed by atoms with Crippen LogP contribution in [0, 0.1) is 0 Å². The van der Waals surface area contributed by atoms with Gasteiger partial charge in [0.25, 0.3) is 0 Å². The zero-order valence-corrected chi connectivity index (χ0v) is 51.8. The van der Waals surface area contributed by atoms with Crippen molar-refractivity contribution in [2.75, 3.05) is 51.7 Å². The number of hydrogen-bond acceptors (Lipinski definition) is 9. The molecule has 446 valence electrons. The van der Waals surface area contributed by atoms with E-state index in [4.69, 9.17) is 0 Å². The Labute approximate surface area is 515 Å². The van der Waals surface area contributed by atoms with Gasteiger partial charge in [-0.2, -0.15) is 0 Å². The lowest BCUT2D eigenvalue weighted by Gasteiger charge is -2.34. The van der Waals surface area contributed by atoms with E-state index in [0.717, 1.165) is 87.3 Å². The quantitative estimate of drug-likeness (QED) is 0.0149. The fourth-order valence-corrected chi connectivity index (χ4v) is 16.7. The molecule has 14 heteroatoms. The van der Waals surface area contributed by atoms with Gasteiger partial charge in [-0.15, -0.1) is 0 Å². The fourth-order valence-electron chi connectivity index (χ4n) is 13.7. The summed E-state index contributed by atoms with van der Waals surface area (Å²) in [4.78, 5) is 32.7. The molecular formula is C73H84B2N5O6Si+. The van der Waals surface area contributed by atoms with Gasteiger partial charge < -0.3 is 30.3 Å². The second-order valence-corrected chi connectivity index (χ2v) is 29.2. The third kappa shape index (κ3) is 12.9. The first-order valence-electron chi connectivity index (χ1n) is 30.5. The highest BCUT2D eigenvalue weighted by Crippen LogP contribution is 2.39.